The number of rotatable bonds is 3. The van der Waals surface area contributed by atoms with Crippen LogP contribution in [0.2, 0.25) is 0 Å². The fourth-order valence-electron chi connectivity index (χ4n) is 2.74. The Hall–Kier alpha value is -1.95. The monoisotopic (exact) mass is 289 g/mol. The first kappa shape index (κ1) is 14.0. The van der Waals surface area contributed by atoms with Crippen LogP contribution in [0.25, 0.3) is 11.3 Å². The lowest BCUT2D eigenvalue weighted by Gasteiger charge is -2.22. The Labute approximate surface area is 122 Å². The SMILES string of the molecule is Cc1noc(C)c1-c1ccc(=O)n(CC2CCOCC2)n1. The minimum atomic E-state index is -0.0722. The van der Waals surface area contributed by atoms with Crippen LogP contribution in [0.3, 0.4) is 0 Å². The van der Waals surface area contributed by atoms with E-state index in [9.17, 15) is 4.79 Å². The molecule has 0 aliphatic carbocycles. The molecule has 3 heterocycles. The summed E-state index contributed by atoms with van der Waals surface area (Å²) in [5.41, 5.74) is 2.32. The van der Waals surface area contributed by atoms with E-state index < -0.39 is 0 Å². The van der Waals surface area contributed by atoms with Crippen molar-refractivity contribution >= 4 is 0 Å². The maximum atomic E-state index is 12.0. The topological polar surface area (TPSA) is 70.2 Å². The standard InChI is InChI=1S/C15H19N3O3/c1-10-15(11(2)21-17-10)13-3-4-14(19)18(16-13)9-12-5-7-20-8-6-12/h3-4,12H,5-9H2,1-2H3. The Bertz CT molecular complexity index is 664. The Morgan fingerprint density at radius 3 is 2.71 bits per heavy atom. The molecule has 0 N–H and O–H groups in total. The normalized spacial score (nSPS) is 16.3. The fraction of sp³-hybridized carbons (Fsp3) is 0.533. The molecule has 6 nitrogen and oxygen atoms in total. The summed E-state index contributed by atoms with van der Waals surface area (Å²) >= 11 is 0. The molecule has 1 saturated heterocycles. The van der Waals surface area contributed by atoms with Crippen LogP contribution in [-0.4, -0.2) is 28.2 Å². The summed E-state index contributed by atoms with van der Waals surface area (Å²) in [6.07, 6.45) is 1.95. The van der Waals surface area contributed by atoms with Crippen molar-refractivity contribution in [2.24, 2.45) is 5.92 Å². The van der Waals surface area contributed by atoms with Crippen molar-refractivity contribution in [3.8, 4) is 11.3 Å². The third-order valence-electron chi connectivity index (χ3n) is 3.93. The van der Waals surface area contributed by atoms with Gasteiger partial charge in [0.2, 0.25) is 0 Å². The summed E-state index contributed by atoms with van der Waals surface area (Å²) in [5, 5.41) is 8.44. The van der Waals surface area contributed by atoms with E-state index in [1.54, 1.807) is 16.8 Å². The van der Waals surface area contributed by atoms with Crippen LogP contribution in [0.1, 0.15) is 24.3 Å². The van der Waals surface area contributed by atoms with Crippen molar-refractivity contribution in [3.63, 3.8) is 0 Å². The molecule has 1 aliphatic rings. The lowest BCUT2D eigenvalue weighted by Crippen LogP contribution is -2.29. The van der Waals surface area contributed by atoms with Crippen molar-refractivity contribution in [3.05, 3.63) is 33.9 Å². The molecular formula is C15H19N3O3. The van der Waals surface area contributed by atoms with Gasteiger partial charge in [-0.2, -0.15) is 5.10 Å². The van der Waals surface area contributed by atoms with Gasteiger partial charge in [-0.3, -0.25) is 4.79 Å². The van der Waals surface area contributed by atoms with Crippen LogP contribution in [-0.2, 0) is 11.3 Å². The predicted octanol–water partition coefficient (Wildman–Crippen LogP) is 1.94. The highest BCUT2D eigenvalue weighted by Gasteiger charge is 2.17. The molecule has 21 heavy (non-hydrogen) atoms. The molecular weight excluding hydrogens is 270 g/mol. The van der Waals surface area contributed by atoms with Gasteiger partial charge < -0.3 is 9.26 Å². The number of hydrogen-bond acceptors (Lipinski definition) is 5. The van der Waals surface area contributed by atoms with Crippen LogP contribution >= 0.6 is 0 Å². The van der Waals surface area contributed by atoms with Crippen molar-refractivity contribution in [2.75, 3.05) is 13.2 Å². The molecule has 0 spiro atoms. The van der Waals surface area contributed by atoms with E-state index in [0.29, 0.717) is 12.5 Å². The van der Waals surface area contributed by atoms with E-state index in [1.807, 2.05) is 13.8 Å². The van der Waals surface area contributed by atoms with Gasteiger partial charge in [-0.05, 0) is 38.7 Å². The molecule has 3 rings (SSSR count). The Balaban J connectivity index is 1.91. The van der Waals surface area contributed by atoms with Crippen LogP contribution in [0, 0.1) is 19.8 Å². The van der Waals surface area contributed by atoms with Gasteiger partial charge in [0.05, 0.1) is 17.0 Å². The summed E-state index contributed by atoms with van der Waals surface area (Å²) in [6.45, 7) is 5.90. The van der Waals surface area contributed by atoms with Crippen LogP contribution in [0.15, 0.2) is 21.5 Å². The number of hydrogen-bond donors (Lipinski definition) is 0. The molecule has 2 aromatic heterocycles. The maximum Gasteiger partial charge on any atom is 0.266 e. The summed E-state index contributed by atoms with van der Waals surface area (Å²) in [4.78, 5) is 12.0. The zero-order chi connectivity index (χ0) is 14.8. The zero-order valence-corrected chi connectivity index (χ0v) is 12.3. The largest absolute Gasteiger partial charge is 0.381 e. The second-order valence-corrected chi connectivity index (χ2v) is 5.49. The molecule has 112 valence electrons. The Kier molecular flexibility index (Phi) is 3.88. The highest BCUT2D eigenvalue weighted by atomic mass is 16.5. The molecule has 0 unspecified atom stereocenters. The summed E-state index contributed by atoms with van der Waals surface area (Å²) in [6, 6.07) is 3.29. The number of ether oxygens (including phenoxy) is 1. The average molecular weight is 289 g/mol. The predicted molar refractivity (Wildman–Crippen MR) is 77.0 cm³/mol. The highest BCUT2D eigenvalue weighted by Crippen LogP contribution is 2.24. The van der Waals surface area contributed by atoms with Crippen LogP contribution in [0.5, 0.6) is 0 Å². The lowest BCUT2D eigenvalue weighted by atomic mass is 10.0. The fourth-order valence-corrected chi connectivity index (χ4v) is 2.74. The molecule has 0 radical (unpaired) electrons. The highest BCUT2D eigenvalue weighted by molar-refractivity contribution is 5.62. The second kappa shape index (κ2) is 5.81. The molecule has 0 bridgehead atoms. The first-order valence-corrected chi connectivity index (χ1v) is 7.24. The first-order valence-electron chi connectivity index (χ1n) is 7.24. The van der Waals surface area contributed by atoms with Gasteiger partial charge in [-0.25, -0.2) is 4.68 Å². The second-order valence-electron chi connectivity index (χ2n) is 5.49. The summed E-state index contributed by atoms with van der Waals surface area (Å²) in [7, 11) is 0. The van der Waals surface area contributed by atoms with E-state index in [2.05, 4.69) is 10.3 Å². The third-order valence-corrected chi connectivity index (χ3v) is 3.93. The molecule has 0 amide bonds. The minimum absolute atomic E-state index is 0.0722. The smallest absolute Gasteiger partial charge is 0.266 e. The molecule has 0 aromatic carbocycles. The average Bonchev–Trinajstić information content (AvgIpc) is 2.82. The van der Waals surface area contributed by atoms with Crippen molar-refractivity contribution in [1.82, 2.24) is 14.9 Å². The van der Waals surface area contributed by atoms with Gasteiger partial charge in [-0.15, -0.1) is 0 Å². The van der Waals surface area contributed by atoms with Gasteiger partial charge in [0.15, 0.2) is 0 Å². The Morgan fingerprint density at radius 2 is 2.05 bits per heavy atom. The number of nitrogens with zero attached hydrogens (tertiary/aromatic N) is 3. The molecule has 6 heteroatoms. The number of aryl methyl sites for hydroxylation is 2. The maximum absolute atomic E-state index is 12.0. The quantitative estimate of drug-likeness (QED) is 0.863. The van der Waals surface area contributed by atoms with Crippen LogP contribution in [0.4, 0.5) is 0 Å². The van der Waals surface area contributed by atoms with Gasteiger partial charge in [-0.1, -0.05) is 5.16 Å². The number of aromatic nitrogens is 3. The van der Waals surface area contributed by atoms with E-state index in [-0.39, 0.29) is 5.56 Å². The van der Waals surface area contributed by atoms with Crippen molar-refractivity contribution < 1.29 is 9.26 Å². The van der Waals surface area contributed by atoms with E-state index in [4.69, 9.17) is 9.26 Å². The van der Waals surface area contributed by atoms with Crippen molar-refractivity contribution in [1.29, 1.82) is 0 Å². The molecule has 0 saturated carbocycles. The van der Waals surface area contributed by atoms with E-state index >= 15 is 0 Å². The van der Waals surface area contributed by atoms with E-state index in [0.717, 1.165) is 48.8 Å². The van der Waals surface area contributed by atoms with Gasteiger partial charge in [0.25, 0.3) is 5.56 Å². The molecule has 1 fully saturated rings. The third kappa shape index (κ3) is 2.90. The molecule has 0 atom stereocenters. The summed E-state index contributed by atoms with van der Waals surface area (Å²) < 4.78 is 12.1. The Morgan fingerprint density at radius 1 is 1.29 bits per heavy atom. The minimum Gasteiger partial charge on any atom is -0.381 e. The van der Waals surface area contributed by atoms with Crippen LogP contribution < -0.4 is 5.56 Å². The van der Waals surface area contributed by atoms with Gasteiger partial charge in [0, 0.05) is 25.8 Å². The van der Waals surface area contributed by atoms with Gasteiger partial charge >= 0.3 is 0 Å². The van der Waals surface area contributed by atoms with E-state index in [1.165, 1.54) is 0 Å². The van der Waals surface area contributed by atoms with Crippen molar-refractivity contribution in [2.45, 2.75) is 33.2 Å². The first-order chi connectivity index (χ1) is 10.1. The lowest BCUT2D eigenvalue weighted by molar-refractivity contribution is 0.0597. The van der Waals surface area contributed by atoms with Gasteiger partial charge in [0.1, 0.15) is 5.76 Å². The molecule has 1 aliphatic heterocycles. The summed E-state index contributed by atoms with van der Waals surface area (Å²) in [5.74, 6) is 1.17. The zero-order valence-electron chi connectivity index (χ0n) is 12.3. The molecule has 2 aromatic rings.